The standard InChI is InChI=1S/C18H20N2O7S/c1-4-26-17(23)10(2)20-16(22)14(28-18(20)24)8-11-5-6-12(13(7-11)25-3)27-9-15(19)21/h5-8,10H,4,9H2,1-3H3,(H2,19,21)/b14-8+. The molecule has 0 aliphatic carbocycles. The molecule has 28 heavy (non-hydrogen) atoms. The number of nitrogens with zero attached hydrogens (tertiary/aromatic N) is 1. The minimum Gasteiger partial charge on any atom is -0.493 e. The normalized spacial score (nSPS) is 16.2. The number of primary amides is 1. The summed E-state index contributed by atoms with van der Waals surface area (Å²) in [5.41, 5.74) is 5.62. The predicted molar refractivity (Wildman–Crippen MR) is 102 cm³/mol. The Morgan fingerprint density at radius 1 is 1.29 bits per heavy atom. The maximum atomic E-state index is 12.6. The number of imide groups is 1. The van der Waals surface area contributed by atoms with E-state index in [1.165, 1.54) is 20.1 Å². The number of rotatable bonds is 8. The first-order valence-corrected chi connectivity index (χ1v) is 9.13. The molecule has 0 aromatic heterocycles. The van der Waals surface area contributed by atoms with Crippen molar-refractivity contribution in [2.75, 3.05) is 20.3 Å². The van der Waals surface area contributed by atoms with Crippen molar-refractivity contribution in [2.45, 2.75) is 19.9 Å². The number of methoxy groups -OCH3 is 1. The number of carbonyl (C=O) groups is 4. The Kier molecular flexibility index (Phi) is 7.05. The first kappa shape index (κ1) is 21.3. The van der Waals surface area contributed by atoms with Crippen LogP contribution in [-0.4, -0.2) is 54.3 Å². The Bertz CT molecular complexity index is 837. The second kappa shape index (κ2) is 9.27. The summed E-state index contributed by atoms with van der Waals surface area (Å²) in [6.07, 6.45) is 1.50. The van der Waals surface area contributed by atoms with Crippen LogP contribution < -0.4 is 15.2 Å². The fourth-order valence-corrected chi connectivity index (χ4v) is 3.28. The Morgan fingerprint density at radius 3 is 2.61 bits per heavy atom. The van der Waals surface area contributed by atoms with E-state index in [1.807, 2.05) is 0 Å². The number of benzene rings is 1. The van der Waals surface area contributed by atoms with E-state index >= 15 is 0 Å². The average Bonchev–Trinajstić information content (AvgIpc) is 2.93. The summed E-state index contributed by atoms with van der Waals surface area (Å²) in [5.74, 6) is -1.22. The summed E-state index contributed by atoms with van der Waals surface area (Å²) >= 11 is 0.730. The fraction of sp³-hybridized carbons (Fsp3) is 0.333. The van der Waals surface area contributed by atoms with Crippen LogP contribution in [0.3, 0.4) is 0 Å². The average molecular weight is 408 g/mol. The van der Waals surface area contributed by atoms with E-state index in [1.54, 1.807) is 25.1 Å². The van der Waals surface area contributed by atoms with Crippen molar-refractivity contribution in [3.05, 3.63) is 28.7 Å². The van der Waals surface area contributed by atoms with Gasteiger partial charge in [0.1, 0.15) is 6.04 Å². The first-order valence-electron chi connectivity index (χ1n) is 8.31. The summed E-state index contributed by atoms with van der Waals surface area (Å²) in [4.78, 5) is 48.5. The van der Waals surface area contributed by atoms with Gasteiger partial charge in [-0.05, 0) is 49.4 Å². The zero-order valence-corrected chi connectivity index (χ0v) is 16.4. The van der Waals surface area contributed by atoms with Gasteiger partial charge in [-0.1, -0.05) is 6.07 Å². The SMILES string of the molecule is CCOC(=O)C(C)N1C(=O)S/C(=C/c2ccc(OCC(N)=O)c(OC)c2)C1=O. The molecule has 2 rings (SSSR count). The van der Waals surface area contributed by atoms with Crippen molar-refractivity contribution in [3.8, 4) is 11.5 Å². The predicted octanol–water partition coefficient (Wildman–Crippen LogP) is 1.55. The zero-order chi connectivity index (χ0) is 20.8. The van der Waals surface area contributed by atoms with Gasteiger partial charge in [-0.25, -0.2) is 4.79 Å². The van der Waals surface area contributed by atoms with Gasteiger partial charge in [-0.2, -0.15) is 0 Å². The van der Waals surface area contributed by atoms with Gasteiger partial charge in [0, 0.05) is 0 Å². The van der Waals surface area contributed by atoms with Crippen LogP contribution >= 0.6 is 11.8 Å². The summed E-state index contributed by atoms with van der Waals surface area (Å²) in [5, 5.41) is -0.551. The second-order valence-corrected chi connectivity index (χ2v) is 6.64. The van der Waals surface area contributed by atoms with E-state index in [2.05, 4.69) is 0 Å². The molecule has 10 heteroatoms. The third kappa shape index (κ3) is 4.83. The van der Waals surface area contributed by atoms with Crippen molar-refractivity contribution in [1.82, 2.24) is 4.90 Å². The number of esters is 1. The molecule has 1 aromatic carbocycles. The molecule has 0 bridgehead atoms. The van der Waals surface area contributed by atoms with Gasteiger partial charge in [0.15, 0.2) is 18.1 Å². The monoisotopic (exact) mass is 408 g/mol. The van der Waals surface area contributed by atoms with E-state index in [-0.39, 0.29) is 18.1 Å². The van der Waals surface area contributed by atoms with Gasteiger partial charge >= 0.3 is 5.97 Å². The Hall–Kier alpha value is -3.01. The third-order valence-electron chi connectivity index (χ3n) is 3.69. The molecule has 1 fully saturated rings. The Balaban J connectivity index is 2.23. The molecule has 2 N–H and O–H groups in total. The van der Waals surface area contributed by atoms with Gasteiger partial charge in [-0.3, -0.25) is 19.3 Å². The van der Waals surface area contributed by atoms with Crippen LogP contribution in [0.25, 0.3) is 6.08 Å². The molecule has 1 saturated heterocycles. The van der Waals surface area contributed by atoms with Crippen LogP contribution in [0.5, 0.6) is 11.5 Å². The molecule has 1 aromatic rings. The zero-order valence-electron chi connectivity index (χ0n) is 15.6. The van der Waals surface area contributed by atoms with E-state index in [4.69, 9.17) is 19.9 Å². The number of amides is 3. The van der Waals surface area contributed by atoms with Crippen molar-refractivity contribution < 1.29 is 33.4 Å². The molecular formula is C18H20N2O7S. The fourth-order valence-electron chi connectivity index (χ4n) is 2.38. The van der Waals surface area contributed by atoms with Crippen molar-refractivity contribution in [1.29, 1.82) is 0 Å². The highest BCUT2D eigenvalue weighted by molar-refractivity contribution is 8.18. The number of nitrogens with two attached hydrogens (primary N) is 1. The van der Waals surface area contributed by atoms with Crippen molar-refractivity contribution >= 4 is 40.9 Å². The maximum absolute atomic E-state index is 12.6. The van der Waals surface area contributed by atoms with Gasteiger partial charge in [-0.15, -0.1) is 0 Å². The van der Waals surface area contributed by atoms with E-state index in [0.29, 0.717) is 17.1 Å². The van der Waals surface area contributed by atoms with Crippen LogP contribution in [-0.2, 0) is 19.1 Å². The van der Waals surface area contributed by atoms with Crippen LogP contribution in [0.1, 0.15) is 19.4 Å². The second-order valence-electron chi connectivity index (χ2n) is 5.65. The molecule has 0 saturated carbocycles. The summed E-state index contributed by atoms with van der Waals surface area (Å²) in [7, 11) is 1.42. The molecule has 0 radical (unpaired) electrons. The smallest absolute Gasteiger partial charge is 0.329 e. The molecule has 9 nitrogen and oxygen atoms in total. The molecule has 1 heterocycles. The van der Waals surface area contributed by atoms with Crippen molar-refractivity contribution in [2.24, 2.45) is 5.73 Å². The Labute approximate surface area is 165 Å². The lowest BCUT2D eigenvalue weighted by atomic mass is 10.1. The minimum atomic E-state index is -1.02. The largest absolute Gasteiger partial charge is 0.493 e. The number of carbonyl (C=O) groups excluding carboxylic acids is 4. The molecule has 3 amide bonds. The molecule has 1 aliphatic rings. The van der Waals surface area contributed by atoms with Gasteiger partial charge in [0.25, 0.3) is 17.1 Å². The number of thioether (sulfide) groups is 1. The number of hydrogen-bond acceptors (Lipinski definition) is 8. The van der Waals surface area contributed by atoms with Gasteiger partial charge < -0.3 is 19.9 Å². The highest BCUT2D eigenvalue weighted by Crippen LogP contribution is 2.35. The summed E-state index contributed by atoms with van der Waals surface area (Å²) in [6, 6.07) is 3.75. The molecule has 1 aliphatic heterocycles. The van der Waals surface area contributed by atoms with Crippen LogP contribution in [0.15, 0.2) is 23.1 Å². The minimum absolute atomic E-state index is 0.152. The lowest BCUT2D eigenvalue weighted by Gasteiger charge is -2.19. The third-order valence-corrected chi connectivity index (χ3v) is 4.58. The molecule has 1 unspecified atom stereocenters. The van der Waals surface area contributed by atoms with E-state index in [0.717, 1.165) is 16.7 Å². The molecule has 1 atom stereocenters. The highest BCUT2D eigenvalue weighted by atomic mass is 32.2. The van der Waals surface area contributed by atoms with Crippen molar-refractivity contribution in [3.63, 3.8) is 0 Å². The van der Waals surface area contributed by atoms with E-state index < -0.39 is 29.1 Å². The highest BCUT2D eigenvalue weighted by Gasteiger charge is 2.41. The topological polar surface area (TPSA) is 125 Å². The summed E-state index contributed by atoms with van der Waals surface area (Å²) < 4.78 is 15.3. The molecule has 150 valence electrons. The lowest BCUT2D eigenvalue weighted by molar-refractivity contribution is -0.150. The number of hydrogen-bond donors (Lipinski definition) is 1. The molecule has 0 spiro atoms. The first-order chi connectivity index (χ1) is 13.3. The van der Waals surface area contributed by atoms with Gasteiger partial charge in [0.05, 0.1) is 18.6 Å². The van der Waals surface area contributed by atoms with E-state index in [9.17, 15) is 19.2 Å². The Morgan fingerprint density at radius 2 is 2.00 bits per heavy atom. The van der Waals surface area contributed by atoms with Gasteiger partial charge in [0.2, 0.25) is 0 Å². The number of ether oxygens (including phenoxy) is 3. The summed E-state index contributed by atoms with van der Waals surface area (Å²) in [6.45, 7) is 2.92. The van der Waals surface area contributed by atoms with Crippen LogP contribution in [0, 0.1) is 0 Å². The quantitative estimate of drug-likeness (QED) is 0.507. The molecular weight excluding hydrogens is 388 g/mol. The van der Waals surface area contributed by atoms with Crippen LogP contribution in [0.2, 0.25) is 0 Å². The lowest BCUT2D eigenvalue weighted by Crippen LogP contribution is -2.42. The van der Waals surface area contributed by atoms with Crippen LogP contribution in [0.4, 0.5) is 4.79 Å². The maximum Gasteiger partial charge on any atom is 0.329 e.